The summed E-state index contributed by atoms with van der Waals surface area (Å²) in [6, 6.07) is 2.66. The molecular weight excluding hydrogens is 254 g/mol. The average molecular weight is 271 g/mol. The SMILES string of the molecule is CC(C)(C)ON(C=O)C(Cc1cccs1)C(=O)O. The second-order valence-electron chi connectivity index (χ2n) is 4.81. The molecule has 5 nitrogen and oxygen atoms in total. The molecule has 0 aromatic carbocycles. The van der Waals surface area contributed by atoms with Gasteiger partial charge < -0.3 is 5.11 Å². The van der Waals surface area contributed by atoms with Gasteiger partial charge in [-0.3, -0.25) is 9.63 Å². The molecule has 1 rings (SSSR count). The lowest BCUT2D eigenvalue weighted by Gasteiger charge is -2.30. The summed E-state index contributed by atoms with van der Waals surface area (Å²) in [6.45, 7) is 5.27. The third-order valence-electron chi connectivity index (χ3n) is 2.05. The second kappa shape index (κ2) is 5.97. The number of carbonyl (C=O) groups is 2. The summed E-state index contributed by atoms with van der Waals surface area (Å²) in [5, 5.41) is 11.9. The van der Waals surface area contributed by atoms with E-state index in [1.807, 2.05) is 17.5 Å². The highest BCUT2D eigenvalue weighted by Gasteiger charge is 2.29. The first-order valence-corrected chi connectivity index (χ1v) is 6.39. The highest BCUT2D eigenvalue weighted by molar-refractivity contribution is 7.09. The van der Waals surface area contributed by atoms with E-state index in [-0.39, 0.29) is 6.42 Å². The molecule has 1 N–H and O–H groups in total. The van der Waals surface area contributed by atoms with Crippen LogP contribution in [0, 0.1) is 0 Å². The first-order chi connectivity index (χ1) is 8.33. The fraction of sp³-hybridized carbons (Fsp3) is 0.500. The van der Waals surface area contributed by atoms with Gasteiger partial charge in [-0.2, -0.15) is 0 Å². The Morgan fingerprint density at radius 1 is 1.61 bits per heavy atom. The van der Waals surface area contributed by atoms with Crippen molar-refractivity contribution in [1.82, 2.24) is 5.06 Å². The van der Waals surface area contributed by atoms with Crippen molar-refractivity contribution < 1.29 is 19.5 Å². The number of carboxylic acids is 1. The van der Waals surface area contributed by atoms with E-state index in [2.05, 4.69) is 0 Å². The van der Waals surface area contributed by atoms with Gasteiger partial charge in [0.25, 0.3) is 0 Å². The fourth-order valence-electron chi connectivity index (χ4n) is 1.38. The molecule has 1 atom stereocenters. The number of hydroxylamine groups is 2. The quantitative estimate of drug-likeness (QED) is 0.634. The molecular formula is C12H17NO4S. The number of carbonyl (C=O) groups excluding carboxylic acids is 1. The van der Waals surface area contributed by atoms with E-state index in [1.54, 1.807) is 20.8 Å². The van der Waals surface area contributed by atoms with Crippen LogP contribution in [0.4, 0.5) is 0 Å². The van der Waals surface area contributed by atoms with Crippen molar-refractivity contribution in [2.45, 2.75) is 38.8 Å². The average Bonchev–Trinajstić information content (AvgIpc) is 2.74. The Morgan fingerprint density at radius 2 is 2.28 bits per heavy atom. The highest BCUT2D eigenvalue weighted by Crippen LogP contribution is 2.17. The number of thiophene rings is 1. The lowest BCUT2D eigenvalue weighted by atomic mass is 10.1. The van der Waals surface area contributed by atoms with Gasteiger partial charge in [0.2, 0.25) is 6.41 Å². The minimum absolute atomic E-state index is 0.238. The summed E-state index contributed by atoms with van der Waals surface area (Å²) in [5.74, 6) is -1.08. The predicted molar refractivity (Wildman–Crippen MR) is 68.2 cm³/mol. The lowest BCUT2D eigenvalue weighted by molar-refractivity contribution is -0.234. The zero-order chi connectivity index (χ0) is 13.8. The molecule has 6 heteroatoms. The monoisotopic (exact) mass is 271 g/mol. The molecule has 0 saturated carbocycles. The van der Waals surface area contributed by atoms with E-state index < -0.39 is 17.6 Å². The topological polar surface area (TPSA) is 66.8 Å². The maximum Gasteiger partial charge on any atom is 0.329 e. The summed E-state index contributed by atoms with van der Waals surface area (Å²) in [6.07, 6.45) is 0.652. The lowest BCUT2D eigenvalue weighted by Crippen LogP contribution is -2.45. The molecule has 1 unspecified atom stereocenters. The molecule has 1 aromatic rings. The van der Waals surface area contributed by atoms with Gasteiger partial charge in [-0.15, -0.1) is 11.3 Å². The first-order valence-electron chi connectivity index (χ1n) is 5.51. The van der Waals surface area contributed by atoms with Crippen LogP contribution in [0.3, 0.4) is 0 Å². The third kappa shape index (κ3) is 4.46. The molecule has 0 aliphatic rings. The number of carboxylic acid groups (broad SMARTS) is 1. The minimum atomic E-state index is -1.08. The van der Waals surface area contributed by atoms with Crippen molar-refractivity contribution in [3.05, 3.63) is 22.4 Å². The summed E-state index contributed by atoms with van der Waals surface area (Å²) in [5.41, 5.74) is -0.621. The largest absolute Gasteiger partial charge is 0.480 e. The molecule has 0 bridgehead atoms. The zero-order valence-electron chi connectivity index (χ0n) is 10.6. The van der Waals surface area contributed by atoms with Crippen molar-refractivity contribution in [2.75, 3.05) is 0 Å². The Hall–Kier alpha value is -1.40. The molecule has 0 aliphatic heterocycles. The number of hydrogen-bond donors (Lipinski definition) is 1. The smallest absolute Gasteiger partial charge is 0.329 e. The van der Waals surface area contributed by atoms with E-state index in [1.165, 1.54) is 11.3 Å². The number of hydrogen-bond acceptors (Lipinski definition) is 4. The van der Waals surface area contributed by atoms with Crippen molar-refractivity contribution in [3.63, 3.8) is 0 Å². The molecule has 0 aliphatic carbocycles. The van der Waals surface area contributed by atoms with Crippen molar-refractivity contribution in [3.8, 4) is 0 Å². The Kier molecular flexibility index (Phi) is 4.86. The molecule has 0 saturated heterocycles. The van der Waals surface area contributed by atoms with Gasteiger partial charge in [0.1, 0.15) is 0 Å². The normalized spacial score (nSPS) is 13.1. The Balaban J connectivity index is 2.82. The molecule has 1 amide bonds. The summed E-state index contributed by atoms with van der Waals surface area (Å²) >= 11 is 1.45. The molecule has 0 fully saturated rings. The van der Waals surface area contributed by atoms with Crippen LogP contribution in [0.25, 0.3) is 0 Å². The Labute approximate surface area is 110 Å². The van der Waals surface area contributed by atoms with Gasteiger partial charge >= 0.3 is 5.97 Å². The molecule has 100 valence electrons. The van der Waals surface area contributed by atoms with E-state index in [0.717, 1.165) is 9.94 Å². The predicted octanol–water partition coefficient (Wildman–Crippen LogP) is 1.93. The van der Waals surface area contributed by atoms with Crippen LogP contribution in [0.2, 0.25) is 0 Å². The number of amides is 1. The van der Waals surface area contributed by atoms with Gasteiger partial charge in [0.15, 0.2) is 6.04 Å². The van der Waals surface area contributed by atoms with Crippen LogP contribution in [0.5, 0.6) is 0 Å². The summed E-state index contributed by atoms with van der Waals surface area (Å²) in [7, 11) is 0. The van der Waals surface area contributed by atoms with Crippen molar-refractivity contribution in [1.29, 1.82) is 0 Å². The maximum absolute atomic E-state index is 11.2. The van der Waals surface area contributed by atoms with Gasteiger partial charge in [-0.05, 0) is 32.2 Å². The first kappa shape index (κ1) is 14.7. The Morgan fingerprint density at radius 3 is 2.67 bits per heavy atom. The molecule has 0 radical (unpaired) electrons. The van der Waals surface area contributed by atoms with Crippen LogP contribution >= 0.6 is 11.3 Å². The molecule has 1 heterocycles. The van der Waals surface area contributed by atoms with Crippen molar-refractivity contribution in [2.24, 2.45) is 0 Å². The summed E-state index contributed by atoms with van der Waals surface area (Å²) < 4.78 is 0. The van der Waals surface area contributed by atoms with E-state index in [4.69, 9.17) is 4.84 Å². The number of nitrogens with zero attached hydrogens (tertiary/aromatic N) is 1. The van der Waals surface area contributed by atoms with E-state index in [0.29, 0.717) is 6.41 Å². The second-order valence-corrected chi connectivity index (χ2v) is 5.84. The molecule has 18 heavy (non-hydrogen) atoms. The van der Waals surface area contributed by atoms with E-state index >= 15 is 0 Å². The fourth-order valence-corrected chi connectivity index (χ4v) is 2.12. The van der Waals surface area contributed by atoms with Gasteiger partial charge in [0.05, 0.1) is 5.60 Å². The summed E-state index contributed by atoms with van der Waals surface area (Å²) in [4.78, 5) is 28.5. The van der Waals surface area contributed by atoms with Crippen LogP contribution in [-0.2, 0) is 20.8 Å². The van der Waals surface area contributed by atoms with Crippen LogP contribution < -0.4 is 0 Å². The third-order valence-corrected chi connectivity index (χ3v) is 2.95. The zero-order valence-corrected chi connectivity index (χ0v) is 11.4. The highest BCUT2D eigenvalue weighted by atomic mass is 32.1. The molecule has 1 aromatic heterocycles. The number of rotatable bonds is 6. The van der Waals surface area contributed by atoms with Crippen molar-refractivity contribution >= 4 is 23.7 Å². The number of aliphatic carboxylic acids is 1. The van der Waals surface area contributed by atoms with Crippen LogP contribution in [-0.4, -0.2) is 34.2 Å². The Bertz CT molecular complexity index is 397. The van der Waals surface area contributed by atoms with E-state index in [9.17, 15) is 14.7 Å². The van der Waals surface area contributed by atoms with Crippen LogP contribution in [0.15, 0.2) is 17.5 Å². The minimum Gasteiger partial charge on any atom is -0.480 e. The van der Waals surface area contributed by atoms with Crippen LogP contribution in [0.1, 0.15) is 25.6 Å². The van der Waals surface area contributed by atoms with Gasteiger partial charge in [-0.1, -0.05) is 6.07 Å². The molecule has 0 spiro atoms. The van der Waals surface area contributed by atoms with Gasteiger partial charge in [-0.25, -0.2) is 9.86 Å². The van der Waals surface area contributed by atoms with Gasteiger partial charge in [0, 0.05) is 11.3 Å². The maximum atomic E-state index is 11.2. The standard InChI is InChI=1S/C12H17NO4S/c1-12(2,3)17-13(8-14)10(11(15)16)7-9-5-4-6-18-9/h4-6,8,10H,7H2,1-3H3,(H,15,16).